The lowest BCUT2D eigenvalue weighted by Crippen LogP contribution is -2.33. The summed E-state index contributed by atoms with van der Waals surface area (Å²) in [6.07, 6.45) is 5.20. The van der Waals surface area contributed by atoms with Crippen LogP contribution in [0.2, 0.25) is 5.02 Å². The first-order valence-electron chi connectivity index (χ1n) is 10.7. The number of rotatable bonds is 8. The lowest BCUT2D eigenvalue weighted by molar-refractivity contribution is 0.0801. The molecule has 1 aliphatic heterocycles. The average molecular weight is 462 g/mol. The molecule has 0 aliphatic carbocycles. The zero-order valence-electron chi connectivity index (χ0n) is 19.3. The Bertz CT molecular complexity index is 1150. The first-order chi connectivity index (χ1) is 15.7. The van der Waals surface area contributed by atoms with Crippen molar-refractivity contribution >= 4 is 54.2 Å². The lowest BCUT2D eigenvalue weighted by Gasteiger charge is -2.23. The van der Waals surface area contributed by atoms with Crippen LogP contribution >= 0.6 is 11.6 Å². The first kappa shape index (κ1) is 24.2. The fourth-order valence-electron chi connectivity index (χ4n) is 3.64. The second-order valence-electron chi connectivity index (χ2n) is 8.10. The van der Waals surface area contributed by atoms with Gasteiger partial charge < -0.3 is 21.3 Å². The van der Waals surface area contributed by atoms with E-state index in [0.29, 0.717) is 35.1 Å². The number of aliphatic imine (C=N–C) groups is 1. The molecule has 2 aromatic rings. The van der Waals surface area contributed by atoms with E-state index < -0.39 is 0 Å². The van der Waals surface area contributed by atoms with E-state index in [1.54, 1.807) is 11.0 Å². The summed E-state index contributed by atoms with van der Waals surface area (Å²) in [5.74, 6) is -0.0274. The van der Waals surface area contributed by atoms with Crippen molar-refractivity contribution in [2.24, 2.45) is 10.7 Å². The van der Waals surface area contributed by atoms with E-state index in [1.807, 2.05) is 58.1 Å². The fourth-order valence-corrected chi connectivity index (χ4v) is 3.87. The van der Waals surface area contributed by atoms with Crippen molar-refractivity contribution in [2.75, 3.05) is 18.4 Å². The van der Waals surface area contributed by atoms with Crippen LogP contribution < -0.4 is 21.8 Å². The van der Waals surface area contributed by atoms with Crippen LogP contribution in [0.3, 0.4) is 0 Å². The molecule has 0 saturated heterocycles. The van der Waals surface area contributed by atoms with Crippen LogP contribution in [0.15, 0.2) is 66.3 Å². The minimum atomic E-state index is -0.139. The van der Waals surface area contributed by atoms with Gasteiger partial charge in [-0.25, -0.2) is 4.99 Å². The Hall–Kier alpha value is -3.45. The molecule has 0 aromatic heterocycles. The average Bonchev–Trinajstić information content (AvgIpc) is 3.31. The number of carbonyl (C=O) groups excluding carboxylic acids is 1. The molecule has 8 heteroatoms. The van der Waals surface area contributed by atoms with E-state index in [9.17, 15) is 4.79 Å². The van der Waals surface area contributed by atoms with Crippen LogP contribution in [0.1, 0.15) is 28.4 Å². The molecule has 0 saturated carbocycles. The number of nitrogens with one attached hydrogen (secondary N) is 2. The highest BCUT2D eigenvalue weighted by Crippen LogP contribution is 2.27. The summed E-state index contributed by atoms with van der Waals surface area (Å²) in [5, 5.41) is 7.40. The molecule has 4 N–H and O–H groups in total. The summed E-state index contributed by atoms with van der Waals surface area (Å²) < 4.78 is 0. The predicted molar refractivity (Wildman–Crippen MR) is 143 cm³/mol. The van der Waals surface area contributed by atoms with Crippen LogP contribution in [0.4, 0.5) is 11.4 Å². The molecule has 0 unspecified atom stereocenters. The van der Waals surface area contributed by atoms with Crippen molar-refractivity contribution in [3.8, 4) is 0 Å². The molecule has 1 aliphatic rings. The van der Waals surface area contributed by atoms with Crippen molar-refractivity contribution in [1.29, 1.82) is 0 Å². The molecule has 6 nitrogen and oxygen atoms in total. The Labute approximate surface area is 201 Å². The van der Waals surface area contributed by atoms with Gasteiger partial charge in [0.15, 0.2) is 0 Å². The second-order valence-corrected chi connectivity index (χ2v) is 8.53. The predicted octanol–water partition coefficient (Wildman–Crippen LogP) is 3.11. The molecule has 2 aromatic carbocycles. The van der Waals surface area contributed by atoms with Gasteiger partial charge in [0.2, 0.25) is 0 Å². The number of anilines is 1. The summed E-state index contributed by atoms with van der Waals surface area (Å²) in [5.41, 5.74) is 11.8. The number of halogens is 1. The quantitative estimate of drug-likeness (QED) is 0.244. The highest BCUT2D eigenvalue weighted by atomic mass is 35.5. The summed E-state index contributed by atoms with van der Waals surface area (Å²) in [4.78, 5) is 19.0. The van der Waals surface area contributed by atoms with Crippen molar-refractivity contribution in [2.45, 2.75) is 19.9 Å². The molecule has 1 amide bonds. The van der Waals surface area contributed by atoms with Gasteiger partial charge in [-0.05, 0) is 43.7 Å². The molecule has 0 fully saturated rings. The largest absolute Gasteiger partial charge is 0.390 e. The molecular formula is C25H29BClN5O. The van der Waals surface area contributed by atoms with Gasteiger partial charge in [0, 0.05) is 46.3 Å². The van der Waals surface area contributed by atoms with Gasteiger partial charge in [-0.15, -0.1) is 0 Å². The highest BCUT2D eigenvalue weighted by molar-refractivity contribution is 6.37. The Morgan fingerprint density at radius 1 is 1.24 bits per heavy atom. The van der Waals surface area contributed by atoms with Gasteiger partial charge in [0.25, 0.3) is 5.91 Å². The maximum Gasteiger partial charge on any atom is 0.253 e. The third kappa shape index (κ3) is 5.68. The molecule has 0 bridgehead atoms. The minimum Gasteiger partial charge on any atom is -0.390 e. The van der Waals surface area contributed by atoms with E-state index in [4.69, 9.17) is 17.3 Å². The van der Waals surface area contributed by atoms with Crippen molar-refractivity contribution in [3.05, 3.63) is 83.1 Å². The summed E-state index contributed by atoms with van der Waals surface area (Å²) in [6, 6.07) is 9.21. The van der Waals surface area contributed by atoms with Gasteiger partial charge in [-0.3, -0.25) is 4.79 Å². The second kappa shape index (κ2) is 10.4. The Balaban J connectivity index is 1.78. The van der Waals surface area contributed by atoms with Crippen LogP contribution in [-0.4, -0.2) is 44.1 Å². The molecule has 170 valence electrons. The Kier molecular flexibility index (Phi) is 7.66. The number of nitrogens with zero attached hydrogens (tertiary/aromatic N) is 2. The van der Waals surface area contributed by atoms with Crippen LogP contribution in [-0.2, 0) is 0 Å². The number of hydrogen-bond donors (Lipinski definition) is 3. The number of amides is 1. The molecular weight excluding hydrogens is 433 g/mol. The van der Waals surface area contributed by atoms with E-state index in [-0.39, 0.29) is 11.9 Å². The molecule has 1 heterocycles. The third-order valence-electron chi connectivity index (χ3n) is 5.61. The van der Waals surface area contributed by atoms with Crippen molar-refractivity contribution in [1.82, 2.24) is 10.2 Å². The number of aryl methyl sites for hydroxylation is 1. The number of hydrogen-bond acceptors (Lipinski definition) is 4. The topological polar surface area (TPSA) is 82.7 Å². The summed E-state index contributed by atoms with van der Waals surface area (Å²) in [7, 11) is 1.91. The number of nitrogens with two attached hydrogens (primary N) is 1. The van der Waals surface area contributed by atoms with Gasteiger partial charge in [-0.2, -0.15) is 0 Å². The van der Waals surface area contributed by atoms with Gasteiger partial charge in [0.05, 0.1) is 18.1 Å². The SMILES string of the molecule is Bc1cc(C(=C)N[C@@H](C)C(=C)Nc2ccc(Cl)cc2C)c(/N=C\N)cc1C(=O)N1CC=CC1. The fraction of sp³-hybridized carbons (Fsp3) is 0.200. The maximum atomic E-state index is 12.9. The Morgan fingerprint density at radius 3 is 2.58 bits per heavy atom. The van der Waals surface area contributed by atoms with Crippen LogP contribution in [0.5, 0.6) is 0 Å². The number of benzene rings is 2. The van der Waals surface area contributed by atoms with Gasteiger partial charge >= 0.3 is 0 Å². The van der Waals surface area contributed by atoms with Gasteiger partial charge in [0.1, 0.15) is 7.85 Å². The van der Waals surface area contributed by atoms with Gasteiger partial charge in [-0.1, -0.05) is 48.4 Å². The Morgan fingerprint density at radius 2 is 1.94 bits per heavy atom. The minimum absolute atomic E-state index is 0.0274. The zero-order valence-corrected chi connectivity index (χ0v) is 20.0. The van der Waals surface area contributed by atoms with Crippen molar-refractivity contribution < 1.29 is 4.79 Å². The molecule has 0 spiro atoms. The zero-order chi connectivity index (χ0) is 24.1. The summed E-state index contributed by atoms with van der Waals surface area (Å²) >= 11 is 6.05. The molecule has 0 radical (unpaired) electrons. The highest BCUT2D eigenvalue weighted by Gasteiger charge is 2.21. The lowest BCUT2D eigenvalue weighted by atomic mass is 9.86. The van der Waals surface area contributed by atoms with Crippen LogP contribution in [0, 0.1) is 6.92 Å². The standard InChI is InChI=1S/C25H29BClN5O/c1-15-11-19(27)7-8-23(15)31-17(3)16(2)30-18(4)20-12-22(26)21(13-24(20)29-14-28)25(33)32-9-5-6-10-32/h5-8,11-14,16,30-31H,3-4,9-10,26H2,1-2H3,(H2,28,29)/t16-/m0/s1. The number of carbonyl (C=O) groups is 1. The van der Waals surface area contributed by atoms with E-state index in [1.165, 1.54) is 6.34 Å². The van der Waals surface area contributed by atoms with Crippen molar-refractivity contribution in [3.63, 3.8) is 0 Å². The smallest absolute Gasteiger partial charge is 0.253 e. The molecule has 33 heavy (non-hydrogen) atoms. The normalized spacial score (nSPS) is 13.8. The monoisotopic (exact) mass is 461 g/mol. The third-order valence-corrected chi connectivity index (χ3v) is 5.85. The summed E-state index contributed by atoms with van der Waals surface area (Å²) in [6.45, 7) is 13.6. The van der Waals surface area contributed by atoms with E-state index in [0.717, 1.165) is 28.0 Å². The maximum absolute atomic E-state index is 12.9. The van der Waals surface area contributed by atoms with E-state index >= 15 is 0 Å². The van der Waals surface area contributed by atoms with Crippen LogP contribution in [0.25, 0.3) is 5.70 Å². The molecule has 1 atom stereocenters. The van der Waals surface area contributed by atoms with E-state index in [2.05, 4.69) is 28.8 Å². The first-order valence-corrected chi connectivity index (χ1v) is 11.1. The molecule has 3 rings (SSSR count).